The molecular formula is C14H20N2O. The van der Waals surface area contributed by atoms with Crippen molar-refractivity contribution in [3.63, 3.8) is 0 Å². The smallest absolute Gasteiger partial charge is 0.219 e. The van der Waals surface area contributed by atoms with Crippen LogP contribution in [-0.2, 0) is 11.2 Å². The highest BCUT2D eigenvalue weighted by molar-refractivity contribution is 5.73. The van der Waals surface area contributed by atoms with E-state index in [2.05, 4.69) is 36.5 Å². The summed E-state index contributed by atoms with van der Waals surface area (Å²) < 4.78 is 0. The molecule has 1 amide bonds. The molecule has 1 aliphatic rings. The first-order chi connectivity index (χ1) is 8.16. The molecule has 0 bridgehead atoms. The van der Waals surface area contributed by atoms with Crippen LogP contribution in [0.25, 0.3) is 0 Å². The Balaban J connectivity index is 1.99. The number of piperazine rings is 1. The monoisotopic (exact) mass is 232 g/mol. The van der Waals surface area contributed by atoms with Crippen LogP contribution in [0, 0.1) is 6.92 Å². The molecule has 1 saturated heterocycles. The average molecular weight is 232 g/mol. The van der Waals surface area contributed by atoms with Crippen LogP contribution in [0.4, 0.5) is 0 Å². The Morgan fingerprint density at radius 3 is 2.94 bits per heavy atom. The Labute approximate surface area is 103 Å². The zero-order valence-electron chi connectivity index (χ0n) is 10.6. The van der Waals surface area contributed by atoms with Crippen molar-refractivity contribution in [1.29, 1.82) is 0 Å². The second kappa shape index (κ2) is 5.32. The van der Waals surface area contributed by atoms with Gasteiger partial charge in [-0.3, -0.25) is 4.79 Å². The maximum Gasteiger partial charge on any atom is 0.219 e. The Bertz CT molecular complexity index is 403. The van der Waals surface area contributed by atoms with E-state index in [4.69, 9.17) is 0 Å². The second-order valence-electron chi connectivity index (χ2n) is 4.75. The molecule has 1 fully saturated rings. The van der Waals surface area contributed by atoms with Gasteiger partial charge >= 0.3 is 0 Å². The van der Waals surface area contributed by atoms with Gasteiger partial charge in [0, 0.05) is 32.6 Å². The minimum atomic E-state index is 0.182. The predicted octanol–water partition coefficient (Wildman–Crippen LogP) is 1.36. The van der Waals surface area contributed by atoms with Gasteiger partial charge in [-0.2, -0.15) is 0 Å². The van der Waals surface area contributed by atoms with Crippen LogP contribution >= 0.6 is 0 Å². The highest BCUT2D eigenvalue weighted by atomic mass is 16.2. The number of carbonyl (C=O) groups excluding carboxylic acids is 1. The van der Waals surface area contributed by atoms with E-state index in [-0.39, 0.29) is 5.91 Å². The molecule has 1 unspecified atom stereocenters. The fourth-order valence-corrected chi connectivity index (χ4v) is 2.35. The summed E-state index contributed by atoms with van der Waals surface area (Å²) in [6.07, 6.45) is 0.996. The minimum Gasteiger partial charge on any atom is -0.340 e. The topological polar surface area (TPSA) is 32.3 Å². The summed E-state index contributed by atoms with van der Waals surface area (Å²) in [7, 11) is 0. The van der Waals surface area contributed by atoms with Crippen molar-refractivity contribution in [2.24, 2.45) is 0 Å². The third-order valence-corrected chi connectivity index (χ3v) is 3.43. The van der Waals surface area contributed by atoms with E-state index in [9.17, 15) is 4.79 Å². The molecule has 1 aromatic carbocycles. The van der Waals surface area contributed by atoms with Crippen LogP contribution in [0.2, 0.25) is 0 Å². The number of carbonyl (C=O) groups is 1. The molecule has 1 aromatic rings. The number of benzene rings is 1. The first kappa shape index (κ1) is 12.1. The molecule has 0 saturated carbocycles. The Hall–Kier alpha value is -1.35. The molecule has 1 N–H and O–H groups in total. The molecule has 0 aromatic heterocycles. The zero-order valence-corrected chi connectivity index (χ0v) is 10.6. The summed E-state index contributed by atoms with van der Waals surface area (Å²) in [5, 5.41) is 3.49. The van der Waals surface area contributed by atoms with Crippen molar-refractivity contribution in [3.8, 4) is 0 Å². The number of hydrogen-bond acceptors (Lipinski definition) is 2. The Morgan fingerprint density at radius 1 is 1.47 bits per heavy atom. The fraction of sp³-hybridized carbons (Fsp3) is 0.500. The van der Waals surface area contributed by atoms with E-state index in [1.807, 2.05) is 4.90 Å². The molecule has 3 nitrogen and oxygen atoms in total. The number of nitrogens with zero attached hydrogens (tertiary/aromatic N) is 1. The van der Waals surface area contributed by atoms with Crippen molar-refractivity contribution in [3.05, 3.63) is 35.4 Å². The van der Waals surface area contributed by atoms with Gasteiger partial charge in [0.15, 0.2) is 0 Å². The van der Waals surface area contributed by atoms with Crippen LogP contribution in [-0.4, -0.2) is 36.5 Å². The lowest BCUT2D eigenvalue weighted by Gasteiger charge is -2.33. The van der Waals surface area contributed by atoms with Gasteiger partial charge < -0.3 is 10.2 Å². The van der Waals surface area contributed by atoms with Crippen molar-refractivity contribution in [1.82, 2.24) is 10.2 Å². The summed E-state index contributed by atoms with van der Waals surface area (Å²) in [6.45, 7) is 6.34. The Kier molecular flexibility index (Phi) is 3.79. The van der Waals surface area contributed by atoms with Gasteiger partial charge in [-0.25, -0.2) is 0 Å². The summed E-state index contributed by atoms with van der Waals surface area (Å²) in [6, 6.07) is 8.84. The number of amides is 1. The standard InChI is InChI=1S/C14H20N2O/c1-11-5-3-4-6-13(11)9-14-10-16(12(2)17)8-7-15-14/h3-6,14-15H,7-10H2,1-2H3. The summed E-state index contributed by atoms with van der Waals surface area (Å²) in [4.78, 5) is 13.3. The molecule has 1 atom stereocenters. The number of rotatable bonds is 2. The second-order valence-corrected chi connectivity index (χ2v) is 4.75. The largest absolute Gasteiger partial charge is 0.340 e. The van der Waals surface area contributed by atoms with E-state index < -0.39 is 0 Å². The zero-order chi connectivity index (χ0) is 12.3. The lowest BCUT2D eigenvalue weighted by atomic mass is 10.00. The highest BCUT2D eigenvalue weighted by Crippen LogP contribution is 2.12. The van der Waals surface area contributed by atoms with Gasteiger partial charge in [-0.05, 0) is 24.5 Å². The third-order valence-electron chi connectivity index (χ3n) is 3.43. The van der Waals surface area contributed by atoms with Crippen molar-refractivity contribution < 1.29 is 4.79 Å². The molecule has 0 spiro atoms. The predicted molar refractivity (Wildman–Crippen MR) is 68.9 cm³/mol. The molecule has 0 radical (unpaired) electrons. The maximum absolute atomic E-state index is 11.4. The van der Waals surface area contributed by atoms with Crippen LogP contribution in [0.15, 0.2) is 24.3 Å². The van der Waals surface area contributed by atoms with E-state index >= 15 is 0 Å². The van der Waals surface area contributed by atoms with Crippen LogP contribution < -0.4 is 5.32 Å². The average Bonchev–Trinajstić information content (AvgIpc) is 2.32. The van der Waals surface area contributed by atoms with Crippen LogP contribution in [0.3, 0.4) is 0 Å². The van der Waals surface area contributed by atoms with Crippen molar-refractivity contribution in [2.75, 3.05) is 19.6 Å². The highest BCUT2D eigenvalue weighted by Gasteiger charge is 2.21. The molecular weight excluding hydrogens is 212 g/mol. The number of nitrogens with one attached hydrogen (secondary N) is 1. The quantitative estimate of drug-likeness (QED) is 0.835. The minimum absolute atomic E-state index is 0.182. The van der Waals surface area contributed by atoms with Crippen molar-refractivity contribution >= 4 is 5.91 Å². The fourth-order valence-electron chi connectivity index (χ4n) is 2.35. The van der Waals surface area contributed by atoms with Crippen molar-refractivity contribution in [2.45, 2.75) is 26.3 Å². The molecule has 17 heavy (non-hydrogen) atoms. The molecule has 3 heteroatoms. The number of hydrogen-bond donors (Lipinski definition) is 1. The van der Waals surface area contributed by atoms with Gasteiger partial charge in [-0.15, -0.1) is 0 Å². The molecule has 0 aliphatic carbocycles. The van der Waals surface area contributed by atoms with Crippen LogP contribution in [0.1, 0.15) is 18.1 Å². The summed E-state index contributed by atoms with van der Waals surface area (Å²) >= 11 is 0. The van der Waals surface area contributed by atoms with E-state index in [1.165, 1.54) is 11.1 Å². The summed E-state index contributed by atoms with van der Waals surface area (Å²) in [5.41, 5.74) is 2.70. The normalized spacial score (nSPS) is 20.4. The molecule has 1 aliphatic heterocycles. The lowest BCUT2D eigenvalue weighted by molar-refractivity contribution is -0.130. The first-order valence-corrected chi connectivity index (χ1v) is 6.20. The van der Waals surface area contributed by atoms with Gasteiger partial charge in [-0.1, -0.05) is 24.3 Å². The molecule has 92 valence electrons. The Morgan fingerprint density at radius 2 is 2.24 bits per heavy atom. The first-order valence-electron chi connectivity index (χ1n) is 6.20. The van der Waals surface area contributed by atoms with Crippen LogP contribution in [0.5, 0.6) is 0 Å². The number of aryl methyl sites for hydroxylation is 1. The van der Waals surface area contributed by atoms with Gasteiger partial charge in [0.25, 0.3) is 0 Å². The van der Waals surface area contributed by atoms with Gasteiger partial charge in [0.05, 0.1) is 0 Å². The van der Waals surface area contributed by atoms with Gasteiger partial charge in [0.2, 0.25) is 5.91 Å². The molecule has 2 rings (SSSR count). The maximum atomic E-state index is 11.4. The lowest BCUT2D eigenvalue weighted by Crippen LogP contribution is -2.52. The molecule has 1 heterocycles. The van der Waals surface area contributed by atoms with E-state index in [0.29, 0.717) is 6.04 Å². The van der Waals surface area contributed by atoms with E-state index in [0.717, 1.165) is 26.1 Å². The SMILES string of the molecule is CC(=O)N1CCNC(Cc2ccccc2C)C1. The third kappa shape index (κ3) is 3.07. The van der Waals surface area contributed by atoms with E-state index in [1.54, 1.807) is 6.92 Å². The van der Waals surface area contributed by atoms with Gasteiger partial charge in [0.1, 0.15) is 0 Å². The summed E-state index contributed by atoms with van der Waals surface area (Å²) in [5.74, 6) is 0.182.